The van der Waals surface area contributed by atoms with Gasteiger partial charge in [-0.05, 0) is 55.4 Å². The second kappa shape index (κ2) is 10.8. The number of ether oxygens (including phenoxy) is 3. The lowest BCUT2D eigenvalue weighted by Gasteiger charge is -2.23. The van der Waals surface area contributed by atoms with Crippen LogP contribution < -0.4 is 20.5 Å². The van der Waals surface area contributed by atoms with Gasteiger partial charge in [-0.3, -0.25) is 14.5 Å². The fourth-order valence-electron chi connectivity index (χ4n) is 4.89. The van der Waals surface area contributed by atoms with Gasteiger partial charge >= 0.3 is 17.7 Å². The number of nitro groups is 1. The normalized spacial score (nSPS) is 14.7. The van der Waals surface area contributed by atoms with E-state index in [2.05, 4.69) is 15.3 Å². The van der Waals surface area contributed by atoms with E-state index < -0.39 is 17.1 Å². The zero-order valence-electron chi connectivity index (χ0n) is 22.5. The summed E-state index contributed by atoms with van der Waals surface area (Å²) in [6.45, 7) is 4.72. The topological polar surface area (TPSA) is 158 Å². The van der Waals surface area contributed by atoms with E-state index in [4.69, 9.17) is 14.2 Å². The first-order chi connectivity index (χ1) is 19.1. The molecule has 1 N–H and O–H groups in total. The Kier molecular flexibility index (Phi) is 7.26. The number of fused-ring (bicyclic) bond motifs is 1. The van der Waals surface area contributed by atoms with E-state index in [-0.39, 0.29) is 23.6 Å². The predicted octanol–water partition coefficient (Wildman–Crippen LogP) is 3.79. The number of nitrogens with zero attached hydrogens (tertiary/aromatic N) is 6. The summed E-state index contributed by atoms with van der Waals surface area (Å²) in [6, 6.07) is 6.66. The molecule has 0 spiro atoms. The molecule has 1 aliphatic rings. The van der Waals surface area contributed by atoms with Gasteiger partial charge in [0.25, 0.3) is 0 Å². The van der Waals surface area contributed by atoms with Gasteiger partial charge in [-0.1, -0.05) is 4.98 Å². The van der Waals surface area contributed by atoms with Gasteiger partial charge in [0.05, 0.1) is 24.3 Å². The van der Waals surface area contributed by atoms with Crippen LogP contribution in [0.2, 0.25) is 0 Å². The number of rotatable bonds is 7. The first-order valence-electron chi connectivity index (χ1n) is 12.7. The van der Waals surface area contributed by atoms with Gasteiger partial charge in [0.2, 0.25) is 5.88 Å². The van der Waals surface area contributed by atoms with Crippen molar-refractivity contribution in [3.8, 4) is 11.6 Å². The molecule has 3 aromatic heterocycles. The Hall–Kier alpha value is -4.72. The Morgan fingerprint density at radius 2 is 1.90 bits per heavy atom. The first-order valence-corrected chi connectivity index (χ1v) is 12.7. The van der Waals surface area contributed by atoms with Gasteiger partial charge in [0.1, 0.15) is 11.9 Å². The van der Waals surface area contributed by atoms with Crippen LogP contribution in [0.25, 0.3) is 11.0 Å². The summed E-state index contributed by atoms with van der Waals surface area (Å²) in [7, 11) is 3.24. The van der Waals surface area contributed by atoms with Crippen LogP contribution in [0.3, 0.4) is 0 Å². The Morgan fingerprint density at radius 1 is 1.15 bits per heavy atom. The fourth-order valence-corrected chi connectivity index (χ4v) is 4.89. The molecule has 1 atom stereocenters. The lowest BCUT2D eigenvalue weighted by molar-refractivity contribution is -0.396. The molecule has 0 saturated carbocycles. The zero-order valence-corrected chi connectivity index (χ0v) is 22.5. The molecule has 1 unspecified atom stereocenters. The zero-order chi connectivity index (χ0) is 28.6. The highest BCUT2D eigenvalue weighted by Crippen LogP contribution is 2.28. The van der Waals surface area contributed by atoms with Crippen molar-refractivity contribution in [2.24, 2.45) is 14.1 Å². The third-order valence-electron chi connectivity index (χ3n) is 7.03. The van der Waals surface area contributed by atoms with E-state index in [0.29, 0.717) is 46.9 Å². The van der Waals surface area contributed by atoms with E-state index in [1.165, 1.54) is 21.5 Å². The molecule has 1 aliphatic heterocycles. The molecule has 40 heavy (non-hydrogen) atoms. The van der Waals surface area contributed by atoms with E-state index >= 15 is 0 Å². The molecule has 4 heterocycles. The Morgan fingerprint density at radius 3 is 2.58 bits per heavy atom. The van der Waals surface area contributed by atoms with Crippen molar-refractivity contribution in [3.05, 3.63) is 68.5 Å². The monoisotopic (exact) mass is 551 g/mol. The van der Waals surface area contributed by atoms with E-state index in [1.54, 1.807) is 56.8 Å². The standard InChI is InChI=1S/C26H29N7O7/c1-15-11-18(39-16(2)21-13-28-24(30(21)3)33(36)37)5-6-19(15)29-25(34)40-23-12-20-22(14-27-23)31(4)26(35)32(20)17-7-9-38-10-8-17/h5-6,11-14,16-17H,7-10H2,1-4H3,(H,29,34). The molecule has 0 bridgehead atoms. The highest BCUT2D eigenvalue weighted by atomic mass is 16.6. The quantitative estimate of drug-likeness (QED) is 0.266. The molecule has 5 rings (SSSR count). The van der Waals surface area contributed by atoms with Crippen LogP contribution in [0.4, 0.5) is 16.4 Å². The van der Waals surface area contributed by atoms with Gasteiger partial charge in [-0.2, -0.15) is 0 Å². The molecule has 1 fully saturated rings. The van der Waals surface area contributed by atoms with Crippen molar-refractivity contribution in [1.82, 2.24) is 23.7 Å². The van der Waals surface area contributed by atoms with Crippen LogP contribution in [-0.4, -0.2) is 47.9 Å². The number of amides is 1. The number of pyridine rings is 1. The molecular formula is C26H29N7O7. The lowest BCUT2D eigenvalue weighted by atomic mass is 10.1. The van der Waals surface area contributed by atoms with Gasteiger partial charge in [0.15, 0.2) is 11.8 Å². The maximum Gasteiger partial charge on any atom is 0.434 e. The first kappa shape index (κ1) is 26.9. The molecular weight excluding hydrogens is 522 g/mol. The number of aryl methyl sites for hydroxylation is 2. The van der Waals surface area contributed by atoms with E-state index in [9.17, 15) is 19.7 Å². The summed E-state index contributed by atoms with van der Waals surface area (Å²) in [4.78, 5) is 44.2. The molecule has 1 aromatic carbocycles. The van der Waals surface area contributed by atoms with Crippen molar-refractivity contribution >= 4 is 28.8 Å². The third-order valence-corrected chi connectivity index (χ3v) is 7.03. The maximum atomic E-state index is 12.9. The van der Waals surface area contributed by atoms with Crippen molar-refractivity contribution in [3.63, 3.8) is 0 Å². The van der Waals surface area contributed by atoms with Crippen molar-refractivity contribution < 1.29 is 23.9 Å². The number of hydrogen-bond donors (Lipinski definition) is 1. The maximum absolute atomic E-state index is 12.9. The van der Waals surface area contributed by atoms with Gasteiger partial charge in [-0.15, -0.1) is 0 Å². The molecule has 0 aliphatic carbocycles. The summed E-state index contributed by atoms with van der Waals surface area (Å²) < 4.78 is 21.5. The molecule has 210 valence electrons. The van der Waals surface area contributed by atoms with Gasteiger partial charge in [0, 0.05) is 38.1 Å². The molecule has 14 heteroatoms. The molecule has 1 saturated heterocycles. The van der Waals surface area contributed by atoms with Crippen LogP contribution in [0.15, 0.2) is 41.5 Å². The number of imidazole rings is 2. The van der Waals surface area contributed by atoms with Crippen LogP contribution in [-0.2, 0) is 18.8 Å². The minimum atomic E-state index is -0.741. The van der Waals surface area contributed by atoms with Crippen LogP contribution in [0, 0.1) is 17.0 Å². The van der Waals surface area contributed by atoms with Gasteiger partial charge in [-0.25, -0.2) is 19.1 Å². The van der Waals surface area contributed by atoms with Crippen LogP contribution in [0.1, 0.15) is 43.2 Å². The molecule has 0 radical (unpaired) electrons. The highest BCUT2D eigenvalue weighted by molar-refractivity contribution is 5.87. The number of carbonyl (C=O) groups is 1. The Balaban J connectivity index is 1.28. The number of aromatic nitrogens is 5. The number of carbonyl (C=O) groups excluding carboxylic acids is 1. The average Bonchev–Trinajstić information content (AvgIpc) is 3.43. The Bertz CT molecular complexity index is 1650. The van der Waals surface area contributed by atoms with E-state index in [0.717, 1.165) is 12.8 Å². The smallest absolute Gasteiger partial charge is 0.434 e. The minimum Gasteiger partial charge on any atom is -0.483 e. The summed E-state index contributed by atoms with van der Waals surface area (Å²) in [6.07, 6.45) is 3.12. The highest BCUT2D eigenvalue weighted by Gasteiger charge is 2.24. The second-order valence-corrected chi connectivity index (χ2v) is 9.62. The van der Waals surface area contributed by atoms with E-state index in [1.807, 2.05) is 0 Å². The number of anilines is 1. The summed E-state index contributed by atoms with van der Waals surface area (Å²) in [5, 5.41) is 13.8. The van der Waals surface area contributed by atoms with Crippen LogP contribution >= 0.6 is 0 Å². The number of benzene rings is 1. The van der Waals surface area contributed by atoms with Crippen molar-refractivity contribution in [2.75, 3.05) is 18.5 Å². The SMILES string of the molecule is Cc1cc(OC(C)c2cnc([N+](=O)[O-])n2C)ccc1NC(=O)Oc1cc2c(cn1)n(C)c(=O)n2C1CCOCC1. The van der Waals surface area contributed by atoms with Gasteiger partial charge < -0.3 is 24.3 Å². The fraction of sp³-hybridized carbons (Fsp3) is 0.385. The van der Waals surface area contributed by atoms with Crippen molar-refractivity contribution in [2.45, 2.75) is 38.8 Å². The molecule has 4 aromatic rings. The van der Waals surface area contributed by atoms with Crippen LogP contribution in [0.5, 0.6) is 11.6 Å². The summed E-state index contributed by atoms with van der Waals surface area (Å²) in [5.74, 6) is 0.302. The van der Waals surface area contributed by atoms with Crippen molar-refractivity contribution in [1.29, 1.82) is 0 Å². The third kappa shape index (κ3) is 5.12. The number of hydrogen-bond acceptors (Lipinski definition) is 9. The number of nitrogens with one attached hydrogen (secondary N) is 1. The average molecular weight is 552 g/mol. The second-order valence-electron chi connectivity index (χ2n) is 9.62. The molecule has 1 amide bonds. The predicted molar refractivity (Wildman–Crippen MR) is 144 cm³/mol. The lowest BCUT2D eigenvalue weighted by Crippen LogP contribution is -2.29. The summed E-state index contributed by atoms with van der Waals surface area (Å²) in [5.41, 5.74) is 2.88. The summed E-state index contributed by atoms with van der Waals surface area (Å²) >= 11 is 0. The minimum absolute atomic E-state index is 0.00636. The largest absolute Gasteiger partial charge is 0.483 e. The molecule has 14 nitrogen and oxygen atoms in total. The Labute approximate surface area is 228 Å².